The molecular weight excluding hydrogens is 406 g/mol. The second kappa shape index (κ2) is 8.55. The normalized spacial score (nSPS) is 11.2. The molecule has 0 radical (unpaired) electrons. The summed E-state index contributed by atoms with van der Waals surface area (Å²) in [4.78, 5) is 24.5. The lowest BCUT2D eigenvalue weighted by Gasteiger charge is -2.15. The van der Waals surface area contributed by atoms with E-state index in [0.717, 1.165) is 33.6 Å². The number of carbonyl (C=O) groups is 2. The van der Waals surface area contributed by atoms with Gasteiger partial charge in [0.25, 0.3) is 0 Å². The van der Waals surface area contributed by atoms with Crippen molar-refractivity contribution in [2.75, 3.05) is 7.11 Å². The molecule has 0 aliphatic rings. The van der Waals surface area contributed by atoms with E-state index in [1.165, 1.54) is 7.11 Å². The molecule has 1 amide bonds. The average molecular weight is 429 g/mol. The number of methoxy groups -OCH3 is 1. The van der Waals surface area contributed by atoms with E-state index in [4.69, 9.17) is 9.15 Å². The fourth-order valence-corrected chi connectivity index (χ4v) is 3.80. The number of hydrazone groups is 1. The molecule has 0 atom stereocenters. The van der Waals surface area contributed by atoms with Crippen LogP contribution in [0.4, 0.5) is 0 Å². The summed E-state index contributed by atoms with van der Waals surface area (Å²) >= 11 is 0. The first kappa shape index (κ1) is 21.1. The maximum Gasteiger partial charge on any atom is 0.338 e. The number of nitrogens with one attached hydrogen (secondary N) is 1. The molecule has 1 N–H and O–H groups in total. The minimum absolute atomic E-state index is 0.198. The van der Waals surface area contributed by atoms with Crippen LogP contribution >= 0.6 is 0 Å². The van der Waals surface area contributed by atoms with Gasteiger partial charge in [0.2, 0.25) is 0 Å². The molecule has 7 heteroatoms. The third kappa shape index (κ3) is 3.80. The third-order valence-corrected chi connectivity index (χ3v) is 5.44. The first-order chi connectivity index (χ1) is 15.4. The molecule has 4 aromatic rings. The fourth-order valence-electron chi connectivity index (χ4n) is 3.80. The highest BCUT2D eigenvalue weighted by molar-refractivity contribution is 5.96. The largest absolute Gasteiger partial charge is 0.465 e. The second-order valence-corrected chi connectivity index (χ2v) is 7.45. The Balaban J connectivity index is 1.58. The van der Waals surface area contributed by atoms with Crippen LogP contribution in [-0.4, -0.2) is 29.8 Å². The number of aromatic nitrogens is 1. The maximum atomic E-state index is 12.4. The van der Waals surface area contributed by atoms with Gasteiger partial charge >= 0.3 is 11.9 Å². The van der Waals surface area contributed by atoms with Crippen LogP contribution < -0.4 is 5.43 Å². The topological polar surface area (TPSA) is 85.8 Å². The third-order valence-electron chi connectivity index (χ3n) is 5.44. The molecule has 0 aliphatic heterocycles. The minimum Gasteiger partial charge on any atom is -0.465 e. The zero-order chi connectivity index (χ0) is 22.8. The molecule has 2 aromatic carbocycles. The lowest BCUT2D eigenvalue weighted by atomic mass is 10.1. The van der Waals surface area contributed by atoms with Crippen molar-refractivity contribution >= 4 is 29.1 Å². The summed E-state index contributed by atoms with van der Waals surface area (Å²) in [6.45, 7) is 5.82. The van der Waals surface area contributed by atoms with E-state index in [9.17, 15) is 9.59 Å². The summed E-state index contributed by atoms with van der Waals surface area (Å²) in [5, 5.41) is 4.96. The van der Waals surface area contributed by atoms with Gasteiger partial charge in [0.1, 0.15) is 5.58 Å². The van der Waals surface area contributed by atoms with Gasteiger partial charge in [-0.2, -0.15) is 5.10 Å². The van der Waals surface area contributed by atoms with Crippen molar-refractivity contribution in [1.82, 2.24) is 9.99 Å². The van der Waals surface area contributed by atoms with Gasteiger partial charge in [-0.25, -0.2) is 10.2 Å². The van der Waals surface area contributed by atoms with E-state index in [2.05, 4.69) is 10.5 Å². The standard InChI is InChI=1S/C25H23N3O4/c1-15-12-19(14-26-27-24(29)23-13-18-8-5-6-11-22(18)32-23)17(3)28(15)21-10-7-9-20(16(21)2)25(30)31-4/h5-14H,1-4H3,(H,27,29)/b26-14+. The molecule has 32 heavy (non-hydrogen) atoms. The number of carbonyl (C=O) groups excluding carboxylic acids is 2. The molecule has 4 rings (SSSR count). The van der Waals surface area contributed by atoms with Crippen LogP contribution in [0.25, 0.3) is 16.7 Å². The summed E-state index contributed by atoms with van der Waals surface area (Å²) in [5.41, 5.74) is 8.12. The van der Waals surface area contributed by atoms with Gasteiger partial charge < -0.3 is 13.7 Å². The predicted molar refractivity (Wildman–Crippen MR) is 123 cm³/mol. The number of benzene rings is 2. The maximum absolute atomic E-state index is 12.4. The monoisotopic (exact) mass is 429 g/mol. The van der Waals surface area contributed by atoms with Crippen LogP contribution in [0.2, 0.25) is 0 Å². The number of aryl methyl sites for hydroxylation is 1. The van der Waals surface area contributed by atoms with Crippen molar-refractivity contribution in [2.24, 2.45) is 5.10 Å². The summed E-state index contributed by atoms with van der Waals surface area (Å²) in [6.07, 6.45) is 1.60. The molecule has 162 valence electrons. The van der Waals surface area contributed by atoms with E-state index >= 15 is 0 Å². The van der Waals surface area contributed by atoms with Gasteiger partial charge in [-0.1, -0.05) is 24.3 Å². The number of nitrogens with zero attached hydrogens (tertiary/aromatic N) is 2. The molecule has 0 saturated carbocycles. The molecule has 0 spiro atoms. The number of amides is 1. The van der Waals surface area contributed by atoms with Crippen molar-refractivity contribution in [3.05, 3.63) is 88.4 Å². The van der Waals surface area contributed by atoms with E-state index in [-0.39, 0.29) is 11.7 Å². The molecule has 0 aliphatic carbocycles. The lowest BCUT2D eigenvalue weighted by Crippen LogP contribution is -2.16. The van der Waals surface area contributed by atoms with E-state index < -0.39 is 5.91 Å². The van der Waals surface area contributed by atoms with Gasteiger partial charge in [0, 0.05) is 28.0 Å². The van der Waals surface area contributed by atoms with Crippen LogP contribution in [0.5, 0.6) is 0 Å². The Morgan fingerprint density at radius 1 is 1.06 bits per heavy atom. The SMILES string of the molecule is COC(=O)c1cccc(-n2c(C)cc(/C=N/NC(=O)c3cc4ccccc4o3)c2C)c1C. The van der Waals surface area contributed by atoms with Crippen molar-refractivity contribution in [2.45, 2.75) is 20.8 Å². The Labute approximate surface area is 185 Å². The number of ether oxygens (including phenoxy) is 1. The van der Waals surface area contributed by atoms with Crippen molar-refractivity contribution in [3.8, 4) is 5.69 Å². The smallest absolute Gasteiger partial charge is 0.338 e. The van der Waals surface area contributed by atoms with E-state index in [0.29, 0.717) is 11.1 Å². The van der Waals surface area contributed by atoms with E-state index in [1.807, 2.05) is 61.7 Å². The highest BCUT2D eigenvalue weighted by Gasteiger charge is 2.17. The van der Waals surface area contributed by atoms with Gasteiger partial charge in [-0.05, 0) is 56.7 Å². The van der Waals surface area contributed by atoms with Gasteiger partial charge in [0.05, 0.1) is 18.9 Å². The van der Waals surface area contributed by atoms with Crippen LogP contribution in [0.1, 0.15) is 43.4 Å². The summed E-state index contributed by atoms with van der Waals surface area (Å²) in [6, 6.07) is 16.6. The van der Waals surface area contributed by atoms with Gasteiger partial charge in [-0.15, -0.1) is 0 Å². The highest BCUT2D eigenvalue weighted by atomic mass is 16.5. The first-order valence-electron chi connectivity index (χ1n) is 10.1. The van der Waals surface area contributed by atoms with E-state index in [1.54, 1.807) is 24.4 Å². The molecule has 0 saturated heterocycles. The molecule has 0 unspecified atom stereocenters. The average Bonchev–Trinajstić information content (AvgIpc) is 3.34. The quantitative estimate of drug-likeness (QED) is 0.283. The molecule has 2 aromatic heterocycles. The number of hydrogen-bond acceptors (Lipinski definition) is 5. The van der Waals surface area contributed by atoms with Crippen LogP contribution in [-0.2, 0) is 4.74 Å². The van der Waals surface area contributed by atoms with Crippen molar-refractivity contribution in [3.63, 3.8) is 0 Å². The summed E-state index contributed by atoms with van der Waals surface area (Å²) < 4.78 is 12.5. The van der Waals surface area contributed by atoms with Crippen LogP contribution in [0.15, 0.2) is 64.1 Å². The Kier molecular flexibility index (Phi) is 5.64. The van der Waals surface area contributed by atoms with Crippen molar-refractivity contribution < 1.29 is 18.7 Å². The molecule has 7 nitrogen and oxygen atoms in total. The number of para-hydroxylation sites is 1. The number of esters is 1. The summed E-state index contributed by atoms with van der Waals surface area (Å²) in [7, 11) is 1.37. The van der Waals surface area contributed by atoms with Crippen molar-refractivity contribution in [1.29, 1.82) is 0 Å². The molecule has 0 bridgehead atoms. The fraction of sp³-hybridized carbons (Fsp3) is 0.160. The number of fused-ring (bicyclic) bond motifs is 1. The Bertz CT molecular complexity index is 1330. The molecule has 0 fully saturated rings. The minimum atomic E-state index is -0.423. The summed E-state index contributed by atoms with van der Waals surface area (Å²) in [5.74, 6) is -0.598. The predicted octanol–water partition coefficient (Wildman–Crippen LogP) is 4.70. The Morgan fingerprint density at radius 2 is 1.84 bits per heavy atom. The Hall–Kier alpha value is -4.13. The zero-order valence-electron chi connectivity index (χ0n) is 18.3. The Morgan fingerprint density at radius 3 is 2.59 bits per heavy atom. The van der Waals surface area contributed by atoms with Gasteiger partial charge in [-0.3, -0.25) is 4.79 Å². The molecular formula is C25H23N3O4. The zero-order valence-corrected chi connectivity index (χ0v) is 18.3. The van der Waals surface area contributed by atoms with Crippen LogP contribution in [0.3, 0.4) is 0 Å². The highest BCUT2D eigenvalue weighted by Crippen LogP contribution is 2.25. The second-order valence-electron chi connectivity index (χ2n) is 7.45. The number of rotatable bonds is 5. The lowest BCUT2D eigenvalue weighted by molar-refractivity contribution is 0.0599. The van der Waals surface area contributed by atoms with Crippen LogP contribution in [0, 0.1) is 20.8 Å². The number of hydrogen-bond donors (Lipinski definition) is 1. The molecule has 2 heterocycles. The number of furan rings is 1. The van der Waals surface area contributed by atoms with Gasteiger partial charge in [0.15, 0.2) is 5.76 Å². The first-order valence-corrected chi connectivity index (χ1v) is 10.1.